The average molecular weight is 259 g/mol. The lowest BCUT2D eigenvalue weighted by molar-refractivity contribution is -0.123. The molecule has 0 saturated carbocycles. The van der Waals surface area contributed by atoms with Crippen LogP contribution in [0.1, 0.15) is 45.1 Å². The van der Waals surface area contributed by atoms with Crippen molar-refractivity contribution in [2.24, 2.45) is 0 Å². The molecule has 0 radical (unpaired) electrons. The van der Waals surface area contributed by atoms with Gasteiger partial charge in [-0.25, -0.2) is 0 Å². The smallest absolute Gasteiger partial charge is 0.265 e. The van der Waals surface area contributed by atoms with Crippen molar-refractivity contribution in [2.45, 2.75) is 45.6 Å². The van der Waals surface area contributed by atoms with E-state index in [0.717, 1.165) is 23.4 Å². The molecule has 0 bridgehead atoms. The van der Waals surface area contributed by atoms with E-state index in [4.69, 9.17) is 4.74 Å². The molecule has 1 aliphatic heterocycles. The van der Waals surface area contributed by atoms with Crippen LogP contribution >= 0.6 is 0 Å². The number of hydrogen-bond acceptors (Lipinski definition) is 2. The summed E-state index contributed by atoms with van der Waals surface area (Å²) >= 11 is 0. The molecule has 1 aromatic rings. The highest BCUT2D eigenvalue weighted by atomic mass is 16.5. The van der Waals surface area contributed by atoms with Crippen LogP contribution < -0.4 is 10.1 Å². The van der Waals surface area contributed by atoms with E-state index < -0.39 is 0 Å². The fourth-order valence-electron chi connectivity index (χ4n) is 2.13. The molecular formula is C16H21NO2. The van der Waals surface area contributed by atoms with Crippen LogP contribution in [0.3, 0.4) is 0 Å². The molecule has 1 aromatic carbocycles. The second-order valence-corrected chi connectivity index (χ2v) is 4.77. The van der Waals surface area contributed by atoms with E-state index in [0.29, 0.717) is 6.42 Å². The predicted molar refractivity (Wildman–Crippen MR) is 78.3 cm³/mol. The Balaban J connectivity index is 2.20. The first-order valence-electron chi connectivity index (χ1n) is 7.03. The second-order valence-electron chi connectivity index (χ2n) is 4.77. The topological polar surface area (TPSA) is 38.3 Å². The quantitative estimate of drug-likeness (QED) is 0.812. The fourth-order valence-corrected chi connectivity index (χ4v) is 2.13. The van der Waals surface area contributed by atoms with Gasteiger partial charge in [0.2, 0.25) is 0 Å². The van der Waals surface area contributed by atoms with Crippen LogP contribution in [0.4, 0.5) is 5.69 Å². The average Bonchev–Trinajstić information content (AvgIpc) is 2.43. The van der Waals surface area contributed by atoms with Crippen LogP contribution in [0.2, 0.25) is 0 Å². The minimum Gasteiger partial charge on any atom is -0.478 e. The third-order valence-corrected chi connectivity index (χ3v) is 3.25. The summed E-state index contributed by atoms with van der Waals surface area (Å²) in [6, 6.07) is 5.84. The van der Waals surface area contributed by atoms with Crippen LogP contribution in [-0.2, 0) is 4.79 Å². The Hall–Kier alpha value is -1.77. The standard InChI is InChI=1S/C16H21NO2/c1-3-5-6-7-9-12-10-8-11-13-15(12)19-14(4-2)16(18)17-13/h7-11,14H,3-6H2,1-2H3,(H,17,18)/b9-7+. The highest BCUT2D eigenvalue weighted by Crippen LogP contribution is 2.34. The number of nitrogens with one attached hydrogen (secondary N) is 1. The van der Waals surface area contributed by atoms with Crippen molar-refractivity contribution in [3.63, 3.8) is 0 Å². The van der Waals surface area contributed by atoms with Crippen molar-refractivity contribution in [1.29, 1.82) is 0 Å². The highest BCUT2D eigenvalue weighted by Gasteiger charge is 2.26. The van der Waals surface area contributed by atoms with Crippen molar-refractivity contribution in [1.82, 2.24) is 0 Å². The Morgan fingerprint density at radius 3 is 2.95 bits per heavy atom. The first kappa shape index (κ1) is 13.7. The summed E-state index contributed by atoms with van der Waals surface area (Å²) < 4.78 is 5.82. The number of fused-ring (bicyclic) bond motifs is 1. The van der Waals surface area contributed by atoms with E-state index in [2.05, 4.69) is 24.4 Å². The molecular weight excluding hydrogens is 238 g/mol. The Labute approximate surface area is 114 Å². The molecule has 0 spiro atoms. The molecule has 19 heavy (non-hydrogen) atoms. The summed E-state index contributed by atoms with van der Waals surface area (Å²) in [5.74, 6) is 0.740. The molecule has 0 fully saturated rings. The molecule has 3 nitrogen and oxygen atoms in total. The first-order valence-corrected chi connectivity index (χ1v) is 7.03. The zero-order valence-electron chi connectivity index (χ0n) is 11.6. The lowest BCUT2D eigenvalue weighted by Crippen LogP contribution is -2.36. The Bertz CT molecular complexity index is 480. The molecule has 2 rings (SSSR count). The molecule has 0 aliphatic carbocycles. The number of ether oxygens (including phenoxy) is 1. The largest absolute Gasteiger partial charge is 0.478 e. The van der Waals surface area contributed by atoms with Crippen LogP contribution in [0.25, 0.3) is 6.08 Å². The van der Waals surface area contributed by atoms with E-state index in [1.165, 1.54) is 12.8 Å². The number of rotatable bonds is 5. The van der Waals surface area contributed by atoms with Crippen molar-refractivity contribution in [2.75, 3.05) is 5.32 Å². The molecule has 3 heteroatoms. The summed E-state index contributed by atoms with van der Waals surface area (Å²) in [6.07, 6.45) is 8.02. The van der Waals surface area contributed by atoms with Crippen molar-refractivity contribution < 1.29 is 9.53 Å². The van der Waals surface area contributed by atoms with Crippen LogP contribution in [0.15, 0.2) is 24.3 Å². The number of para-hydroxylation sites is 1. The SMILES string of the molecule is CCCC/C=C/c1cccc2c1OC(CC)C(=O)N2. The number of benzene rings is 1. The van der Waals surface area contributed by atoms with Gasteiger partial charge in [-0.15, -0.1) is 0 Å². The van der Waals surface area contributed by atoms with Gasteiger partial charge in [0.1, 0.15) is 0 Å². The van der Waals surface area contributed by atoms with Gasteiger partial charge in [-0.1, -0.05) is 51.0 Å². The monoisotopic (exact) mass is 259 g/mol. The molecule has 1 aliphatic rings. The third-order valence-electron chi connectivity index (χ3n) is 3.25. The number of carbonyl (C=O) groups excluding carboxylic acids is 1. The Morgan fingerprint density at radius 2 is 2.21 bits per heavy atom. The lowest BCUT2D eigenvalue weighted by Gasteiger charge is -2.26. The van der Waals surface area contributed by atoms with Gasteiger partial charge < -0.3 is 10.1 Å². The van der Waals surface area contributed by atoms with Gasteiger partial charge in [0.05, 0.1) is 5.69 Å². The summed E-state index contributed by atoms with van der Waals surface area (Å²) in [5, 5.41) is 2.91. The summed E-state index contributed by atoms with van der Waals surface area (Å²) in [5.41, 5.74) is 1.80. The molecule has 1 unspecified atom stereocenters. The number of carbonyl (C=O) groups is 1. The van der Waals surface area contributed by atoms with E-state index in [1.807, 2.05) is 25.1 Å². The van der Waals surface area contributed by atoms with E-state index in [-0.39, 0.29) is 12.0 Å². The van der Waals surface area contributed by atoms with Gasteiger partial charge in [0.15, 0.2) is 11.9 Å². The minimum atomic E-state index is -0.377. The predicted octanol–water partition coefficient (Wildman–Crippen LogP) is 4.00. The van der Waals surface area contributed by atoms with Gasteiger partial charge in [0.25, 0.3) is 5.91 Å². The molecule has 1 heterocycles. The Kier molecular flexibility index (Phi) is 4.61. The van der Waals surface area contributed by atoms with E-state index >= 15 is 0 Å². The van der Waals surface area contributed by atoms with Crippen molar-refractivity contribution in [3.05, 3.63) is 29.8 Å². The number of allylic oxidation sites excluding steroid dienone is 1. The highest BCUT2D eigenvalue weighted by molar-refractivity contribution is 5.98. The zero-order valence-corrected chi connectivity index (χ0v) is 11.6. The number of unbranched alkanes of at least 4 members (excludes halogenated alkanes) is 2. The maximum atomic E-state index is 11.7. The maximum absolute atomic E-state index is 11.7. The van der Waals surface area contributed by atoms with E-state index in [9.17, 15) is 4.79 Å². The van der Waals surface area contributed by atoms with Gasteiger partial charge in [-0.05, 0) is 18.9 Å². The summed E-state index contributed by atoms with van der Waals surface area (Å²) in [7, 11) is 0. The van der Waals surface area contributed by atoms with Gasteiger partial charge in [-0.2, -0.15) is 0 Å². The summed E-state index contributed by atoms with van der Waals surface area (Å²) in [4.78, 5) is 11.7. The van der Waals surface area contributed by atoms with Crippen LogP contribution in [0, 0.1) is 0 Å². The molecule has 102 valence electrons. The second kappa shape index (κ2) is 6.41. The number of hydrogen-bond donors (Lipinski definition) is 1. The molecule has 1 N–H and O–H groups in total. The summed E-state index contributed by atoms with van der Waals surface area (Å²) in [6.45, 7) is 4.14. The van der Waals surface area contributed by atoms with Crippen molar-refractivity contribution in [3.8, 4) is 5.75 Å². The Morgan fingerprint density at radius 1 is 1.37 bits per heavy atom. The minimum absolute atomic E-state index is 0.0536. The van der Waals surface area contributed by atoms with Gasteiger partial charge in [0, 0.05) is 5.56 Å². The number of amides is 1. The first-order chi connectivity index (χ1) is 9.26. The molecule has 1 amide bonds. The molecule has 0 aromatic heterocycles. The van der Waals surface area contributed by atoms with Crippen LogP contribution in [-0.4, -0.2) is 12.0 Å². The number of anilines is 1. The van der Waals surface area contributed by atoms with Crippen molar-refractivity contribution >= 4 is 17.7 Å². The van der Waals surface area contributed by atoms with Gasteiger partial charge >= 0.3 is 0 Å². The fraction of sp³-hybridized carbons (Fsp3) is 0.438. The van der Waals surface area contributed by atoms with Gasteiger partial charge in [-0.3, -0.25) is 4.79 Å². The molecule has 0 saturated heterocycles. The third kappa shape index (κ3) is 3.16. The normalized spacial score (nSPS) is 18.0. The lowest BCUT2D eigenvalue weighted by atomic mass is 10.1. The zero-order chi connectivity index (χ0) is 13.7. The van der Waals surface area contributed by atoms with Crippen LogP contribution in [0.5, 0.6) is 5.75 Å². The maximum Gasteiger partial charge on any atom is 0.265 e. The molecule has 1 atom stereocenters. The van der Waals surface area contributed by atoms with E-state index in [1.54, 1.807) is 0 Å².